The maximum Gasteiger partial charge on any atom is 0.231 e. The Morgan fingerprint density at radius 2 is 1.95 bits per heavy atom. The molecule has 0 saturated carbocycles. The molecule has 1 aromatic heterocycles. The van der Waals surface area contributed by atoms with E-state index in [0.29, 0.717) is 24.6 Å². The summed E-state index contributed by atoms with van der Waals surface area (Å²) >= 11 is 0. The SMILES string of the molecule is CCCC(O)c1noc(Cc2ccc3ccccc3c2)n1. The fourth-order valence-corrected chi connectivity index (χ4v) is 2.40. The average molecular weight is 282 g/mol. The van der Waals surface area contributed by atoms with Gasteiger partial charge in [0.1, 0.15) is 6.10 Å². The molecule has 0 aliphatic carbocycles. The number of aliphatic hydroxyl groups excluding tert-OH is 1. The van der Waals surface area contributed by atoms with E-state index in [1.54, 1.807) is 0 Å². The number of fused-ring (bicyclic) bond motifs is 1. The number of aliphatic hydroxyl groups is 1. The van der Waals surface area contributed by atoms with Gasteiger partial charge in [-0.25, -0.2) is 0 Å². The molecule has 1 N–H and O–H groups in total. The van der Waals surface area contributed by atoms with Crippen LogP contribution in [0.15, 0.2) is 47.0 Å². The molecule has 1 unspecified atom stereocenters. The summed E-state index contributed by atoms with van der Waals surface area (Å²) in [6.45, 7) is 2.01. The normalized spacial score (nSPS) is 12.7. The molecule has 0 radical (unpaired) electrons. The zero-order valence-corrected chi connectivity index (χ0v) is 12.0. The first kappa shape index (κ1) is 13.8. The van der Waals surface area contributed by atoms with E-state index >= 15 is 0 Å². The van der Waals surface area contributed by atoms with E-state index in [1.807, 2.05) is 19.1 Å². The summed E-state index contributed by atoms with van der Waals surface area (Å²) in [6.07, 6.45) is 1.48. The molecule has 0 bridgehead atoms. The third kappa shape index (κ3) is 3.11. The summed E-state index contributed by atoms with van der Waals surface area (Å²) < 4.78 is 5.23. The number of nitrogens with zero attached hydrogens (tertiary/aromatic N) is 2. The van der Waals surface area contributed by atoms with Gasteiger partial charge in [-0.1, -0.05) is 61.0 Å². The van der Waals surface area contributed by atoms with Crippen molar-refractivity contribution in [2.75, 3.05) is 0 Å². The van der Waals surface area contributed by atoms with Crippen molar-refractivity contribution in [1.29, 1.82) is 0 Å². The largest absolute Gasteiger partial charge is 0.385 e. The fourth-order valence-electron chi connectivity index (χ4n) is 2.40. The van der Waals surface area contributed by atoms with Crippen LogP contribution in [0.4, 0.5) is 0 Å². The highest BCUT2D eigenvalue weighted by molar-refractivity contribution is 5.83. The zero-order chi connectivity index (χ0) is 14.7. The van der Waals surface area contributed by atoms with Crippen LogP contribution in [0.3, 0.4) is 0 Å². The summed E-state index contributed by atoms with van der Waals surface area (Å²) in [5.74, 6) is 0.920. The minimum atomic E-state index is -0.635. The molecule has 2 aromatic carbocycles. The lowest BCUT2D eigenvalue weighted by atomic mass is 10.1. The Morgan fingerprint density at radius 3 is 2.76 bits per heavy atom. The van der Waals surface area contributed by atoms with Gasteiger partial charge in [0.15, 0.2) is 5.82 Å². The van der Waals surface area contributed by atoms with Gasteiger partial charge < -0.3 is 9.63 Å². The van der Waals surface area contributed by atoms with Crippen molar-refractivity contribution in [1.82, 2.24) is 10.1 Å². The molecule has 1 heterocycles. The highest BCUT2D eigenvalue weighted by Gasteiger charge is 2.14. The maximum atomic E-state index is 9.86. The van der Waals surface area contributed by atoms with Crippen molar-refractivity contribution >= 4 is 10.8 Å². The van der Waals surface area contributed by atoms with E-state index < -0.39 is 6.10 Å². The minimum absolute atomic E-state index is 0.382. The van der Waals surface area contributed by atoms with E-state index in [2.05, 4.69) is 40.5 Å². The summed E-state index contributed by atoms with van der Waals surface area (Å²) in [5, 5.41) is 16.1. The Kier molecular flexibility index (Phi) is 3.97. The van der Waals surface area contributed by atoms with Crippen LogP contribution in [-0.2, 0) is 6.42 Å². The van der Waals surface area contributed by atoms with E-state index in [4.69, 9.17) is 4.52 Å². The number of benzene rings is 2. The van der Waals surface area contributed by atoms with Gasteiger partial charge in [-0.2, -0.15) is 4.98 Å². The van der Waals surface area contributed by atoms with Crippen LogP contribution >= 0.6 is 0 Å². The molecular formula is C17H18N2O2. The van der Waals surface area contributed by atoms with Crippen LogP contribution < -0.4 is 0 Å². The van der Waals surface area contributed by atoms with Crippen molar-refractivity contribution in [3.63, 3.8) is 0 Å². The highest BCUT2D eigenvalue weighted by Crippen LogP contribution is 2.19. The lowest BCUT2D eigenvalue weighted by molar-refractivity contribution is 0.153. The molecule has 0 aliphatic heterocycles. The van der Waals surface area contributed by atoms with Crippen LogP contribution in [0.2, 0.25) is 0 Å². The Balaban J connectivity index is 1.78. The van der Waals surface area contributed by atoms with Crippen molar-refractivity contribution in [2.24, 2.45) is 0 Å². The zero-order valence-electron chi connectivity index (χ0n) is 12.0. The van der Waals surface area contributed by atoms with Gasteiger partial charge in [-0.15, -0.1) is 0 Å². The third-order valence-electron chi connectivity index (χ3n) is 3.51. The Hall–Kier alpha value is -2.20. The second kappa shape index (κ2) is 6.06. The molecule has 3 aromatic rings. The van der Waals surface area contributed by atoms with Gasteiger partial charge in [0.25, 0.3) is 0 Å². The van der Waals surface area contributed by atoms with Crippen LogP contribution in [0.1, 0.15) is 43.1 Å². The molecule has 0 amide bonds. The first-order valence-electron chi connectivity index (χ1n) is 7.24. The summed E-state index contributed by atoms with van der Waals surface area (Å²) in [6, 6.07) is 14.5. The number of rotatable bonds is 5. The maximum absolute atomic E-state index is 9.86. The third-order valence-corrected chi connectivity index (χ3v) is 3.51. The number of hydrogen-bond acceptors (Lipinski definition) is 4. The van der Waals surface area contributed by atoms with Gasteiger partial charge in [-0.05, 0) is 22.8 Å². The van der Waals surface area contributed by atoms with Crippen molar-refractivity contribution in [3.05, 3.63) is 59.7 Å². The molecule has 1 atom stereocenters. The molecule has 4 heteroatoms. The van der Waals surface area contributed by atoms with E-state index in [9.17, 15) is 5.11 Å². The number of hydrogen-bond donors (Lipinski definition) is 1. The van der Waals surface area contributed by atoms with Crippen molar-refractivity contribution in [3.8, 4) is 0 Å². The van der Waals surface area contributed by atoms with E-state index in [1.165, 1.54) is 10.8 Å². The molecule has 21 heavy (non-hydrogen) atoms. The first-order chi connectivity index (χ1) is 10.3. The van der Waals surface area contributed by atoms with E-state index in [0.717, 1.165) is 12.0 Å². The molecule has 0 aliphatic rings. The summed E-state index contributed by atoms with van der Waals surface area (Å²) in [5.41, 5.74) is 1.12. The van der Waals surface area contributed by atoms with E-state index in [-0.39, 0.29) is 0 Å². The van der Waals surface area contributed by atoms with Crippen LogP contribution in [0, 0.1) is 0 Å². The van der Waals surface area contributed by atoms with Gasteiger partial charge in [0, 0.05) is 0 Å². The molecule has 0 fully saturated rings. The van der Waals surface area contributed by atoms with Gasteiger partial charge in [0.2, 0.25) is 5.89 Å². The highest BCUT2D eigenvalue weighted by atomic mass is 16.5. The first-order valence-corrected chi connectivity index (χ1v) is 7.24. The van der Waals surface area contributed by atoms with Gasteiger partial charge >= 0.3 is 0 Å². The van der Waals surface area contributed by atoms with Crippen LogP contribution in [0.5, 0.6) is 0 Å². The lowest BCUT2D eigenvalue weighted by Crippen LogP contribution is -1.99. The molecular weight excluding hydrogens is 264 g/mol. The second-order valence-electron chi connectivity index (χ2n) is 5.21. The number of aromatic nitrogens is 2. The van der Waals surface area contributed by atoms with Crippen molar-refractivity contribution < 1.29 is 9.63 Å². The molecule has 0 saturated heterocycles. The standard InChI is InChI=1S/C17H18N2O2/c1-2-5-15(20)17-18-16(21-19-17)11-12-8-9-13-6-3-4-7-14(13)10-12/h3-4,6-10,15,20H,2,5,11H2,1H3. The molecule has 0 spiro atoms. The fraction of sp³-hybridized carbons (Fsp3) is 0.294. The van der Waals surface area contributed by atoms with Gasteiger partial charge in [-0.3, -0.25) is 0 Å². The monoisotopic (exact) mass is 282 g/mol. The average Bonchev–Trinajstić information content (AvgIpc) is 2.96. The van der Waals surface area contributed by atoms with Crippen LogP contribution in [-0.4, -0.2) is 15.2 Å². The molecule has 3 rings (SSSR count). The Bertz CT molecular complexity index is 736. The quantitative estimate of drug-likeness (QED) is 0.776. The summed E-state index contributed by atoms with van der Waals surface area (Å²) in [7, 11) is 0. The van der Waals surface area contributed by atoms with Crippen molar-refractivity contribution in [2.45, 2.75) is 32.3 Å². The topological polar surface area (TPSA) is 59.2 Å². The minimum Gasteiger partial charge on any atom is -0.385 e. The Morgan fingerprint density at radius 1 is 1.14 bits per heavy atom. The molecule has 4 nitrogen and oxygen atoms in total. The summed E-state index contributed by atoms with van der Waals surface area (Å²) in [4.78, 5) is 4.28. The molecule has 108 valence electrons. The smallest absolute Gasteiger partial charge is 0.231 e. The van der Waals surface area contributed by atoms with Crippen LogP contribution in [0.25, 0.3) is 10.8 Å². The predicted octanol–water partition coefficient (Wildman–Crippen LogP) is 3.65. The Labute approximate surface area is 123 Å². The second-order valence-corrected chi connectivity index (χ2v) is 5.21. The predicted molar refractivity (Wildman–Crippen MR) is 80.9 cm³/mol. The van der Waals surface area contributed by atoms with Gasteiger partial charge in [0.05, 0.1) is 6.42 Å². The lowest BCUT2D eigenvalue weighted by Gasteiger charge is -2.02.